The van der Waals surface area contributed by atoms with Crippen LogP contribution in [0.15, 0.2) is 36.4 Å². The summed E-state index contributed by atoms with van der Waals surface area (Å²) in [6.07, 6.45) is -1.94. The number of unbranched alkanes of at least 4 members (excludes halogenated alkanes) is 2. The predicted octanol–water partition coefficient (Wildman–Crippen LogP) is 5.31. The number of carbonyl (C=O) groups is 1. The van der Waals surface area contributed by atoms with Crippen LogP contribution in [0.2, 0.25) is 0 Å². The number of nitrogens with one attached hydrogen (secondary N) is 2. The number of imidazole rings is 1. The number of benzene rings is 2. The Labute approximate surface area is 159 Å². The largest absolute Gasteiger partial charge is 0.418 e. The van der Waals surface area contributed by atoms with Crippen molar-refractivity contribution < 1.29 is 22.4 Å². The van der Waals surface area contributed by atoms with Gasteiger partial charge in [0.1, 0.15) is 11.3 Å². The number of H-pyrrole nitrogens is 1. The maximum atomic E-state index is 13.6. The van der Waals surface area contributed by atoms with Gasteiger partial charge < -0.3 is 10.3 Å². The van der Waals surface area contributed by atoms with Gasteiger partial charge in [-0.1, -0.05) is 31.9 Å². The topological polar surface area (TPSA) is 57.8 Å². The molecule has 0 radical (unpaired) electrons. The van der Waals surface area contributed by atoms with E-state index in [1.54, 1.807) is 0 Å². The highest BCUT2D eigenvalue weighted by Gasteiger charge is 2.35. The maximum absolute atomic E-state index is 13.6. The molecular weight excluding hydrogens is 374 g/mol. The first kappa shape index (κ1) is 19.9. The van der Waals surface area contributed by atoms with E-state index in [1.165, 1.54) is 30.3 Å². The molecule has 0 saturated carbocycles. The van der Waals surface area contributed by atoms with Crippen LogP contribution in [0.5, 0.6) is 0 Å². The van der Waals surface area contributed by atoms with E-state index < -0.39 is 23.5 Å². The predicted molar refractivity (Wildman–Crippen MR) is 98.3 cm³/mol. The van der Waals surface area contributed by atoms with Gasteiger partial charge in [-0.3, -0.25) is 4.79 Å². The molecule has 1 aromatic heterocycles. The van der Waals surface area contributed by atoms with Gasteiger partial charge in [0.25, 0.3) is 5.91 Å². The second kappa shape index (κ2) is 8.00. The Morgan fingerprint density at radius 3 is 2.46 bits per heavy atom. The third kappa shape index (κ3) is 4.32. The zero-order valence-corrected chi connectivity index (χ0v) is 15.2. The minimum absolute atomic E-state index is 0.0906. The minimum atomic E-state index is -4.65. The monoisotopic (exact) mass is 393 g/mol. The van der Waals surface area contributed by atoms with E-state index >= 15 is 0 Å². The highest BCUT2D eigenvalue weighted by molar-refractivity contribution is 5.96. The summed E-state index contributed by atoms with van der Waals surface area (Å²) in [6, 6.07) is 7.57. The summed E-state index contributed by atoms with van der Waals surface area (Å²) in [5.41, 5.74) is -0.511. The molecule has 0 aliphatic carbocycles. The fourth-order valence-corrected chi connectivity index (χ4v) is 2.91. The van der Waals surface area contributed by atoms with Crippen LogP contribution in [0, 0.1) is 5.82 Å². The van der Waals surface area contributed by atoms with Gasteiger partial charge in [0, 0.05) is 6.54 Å². The average molecular weight is 393 g/mol. The number of aromatic amines is 1. The number of amides is 1. The Balaban J connectivity index is 2.00. The molecule has 2 aromatic carbocycles. The molecule has 0 aliphatic rings. The van der Waals surface area contributed by atoms with Crippen molar-refractivity contribution in [2.75, 3.05) is 6.54 Å². The molecule has 4 nitrogen and oxygen atoms in total. The number of fused-ring (bicyclic) bond motifs is 1. The van der Waals surface area contributed by atoms with Crippen LogP contribution < -0.4 is 5.32 Å². The summed E-state index contributed by atoms with van der Waals surface area (Å²) in [5.74, 6) is -1.21. The maximum Gasteiger partial charge on any atom is 0.418 e. The van der Waals surface area contributed by atoms with Crippen LogP contribution in [0.1, 0.15) is 42.4 Å². The number of aromatic nitrogens is 2. The van der Waals surface area contributed by atoms with Crippen LogP contribution in [0.25, 0.3) is 22.2 Å². The lowest BCUT2D eigenvalue weighted by Gasteiger charge is -2.10. The molecule has 3 aromatic rings. The molecule has 0 fully saturated rings. The molecule has 1 heterocycles. The molecule has 0 spiro atoms. The first-order chi connectivity index (χ1) is 13.3. The molecule has 0 unspecified atom stereocenters. The van der Waals surface area contributed by atoms with E-state index in [-0.39, 0.29) is 22.4 Å². The lowest BCUT2D eigenvalue weighted by atomic mass is 10.0. The Morgan fingerprint density at radius 2 is 1.82 bits per heavy atom. The second-order valence-electron chi connectivity index (χ2n) is 6.47. The summed E-state index contributed by atoms with van der Waals surface area (Å²) in [6.45, 7) is 2.45. The molecule has 1 amide bonds. The summed E-state index contributed by atoms with van der Waals surface area (Å²) in [7, 11) is 0. The van der Waals surface area contributed by atoms with E-state index in [4.69, 9.17) is 0 Å². The fourth-order valence-electron chi connectivity index (χ4n) is 2.91. The Morgan fingerprint density at radius 1 is 1.11 bits per heavy atom. The van der Waals surface area contributed by atoms with Gasteiger partial charge in [-0.25, -0.2) is 9.37 Å². The van der Waals surface area contributed by atoms with Crippen molar-refractivity contribution in [2.24, 2.45) is 0 Å². The van der Waals surface area contributed by atoms with Crippen molar-refractivity contribution in [3.63, 3.8) is 0 Å². The molecule has 3 rings (SSSR count). The van der Waals surface area contributed by atoms with Crippen LogP contribution in [0.4, 0.5) is 17.6 Å². The molecule has 0 atom stereocenters. The van der Waals surface area contributed by atoms with E-state index in [9.17, 15) is 22.4 Å². The van der Waals surface area contributed by atoms with Crippen LogP contribution in [-0.2, 0) is 6.18 Å². The SMILES string of the molecule is CCCCCNC(=O)c1nc2c(C(F)(F)F)cc(-c3ccc(F)cc3)cc2[nH]1. The Kier molecular flexibility index (Phi) is 5.67. The number of nitrogens with zero attached hydrogens (tertiary/aromatic N) is 1. The summed E-state index contributed by atoms with van der Waals surface area (Å²) in [4.78, 5) is 18.8. The molecule has 148 valence electrons. The van der Waals surface area contributed by atoms with Crippen LogP contribution in [-0.4, -0.2) is 22.4 Å². The van der Waals surface area contributed by atoms with E-state index in [0.717, 1.165) is 25.3 Å². The Hall–Kier alpha value is -2.90. The molecule has 0 saturated heterocycles. The Bertz CT molecular complexity index is 978. The van der Waals surface area contributed by atoms with Crippen LogP contribution in [0.3, 0.4) is 0 Å². The zero-order valence-electron chi connectivity index (χ0n) is 15.2. The second-order valence-corrected chi connectivity index (χ2v) is 6.47. The summed E-state index contributed by atoms with van der Waals surface area (Å²) in [5, 5.41) is 2.65. The van der Waals surface area contributed by atoms with Gasteiger partial charge in [-0.05, 0) is 41.8 Å². The van der Waals surface area contributed by atoms with Crippen molar-refractivity contribution in [3.05, 3.63) is 53.6 Å². The van der Waals surface area contributed by atoms with Gasteiger partial charge in [0.15, 0.2) is 5.82 Å². The van der Waals surface area contributed by atoms with Crippen molar-refractivity contribution in [2.45, 2.75) is 32.4 Å². The number of hydrogen-bond acceptors (Lipinski definition) is 2. The third-order valence-corrected chi connectivity index (χ3v) is 4.35. The van der Waals surface area contributed by atoms with Gasteiger partial charge in [0.2, 0.25) is 0 Å². The van der Waals surface area contributed by atoms with Crippen LogP contribution >= 0.6 is 0 Å². The molecule has 0 bridgehead atoms. The zero-order chi connectivity index (χ0) is 20.3. The first-order valence-electron chi connectivity index (χ1n) is 8.94. The van der Waals surface area contributed by atoms with E-state index in [0.29, 0.717) is 12.1 Å². The smallest absolute Gasteiger partial charge is 0.349 e. The van der Waals surface area contributed by atoms with Gasteiger partial charge >= 0.3 is 6.18 Å². The van der Waals surface area contributed by atoms with Crippen molar-refractivity contribution >= 4 is 16.9 Å². The third-order valence-electron chi connectivity index (χ3n) is 4.35. The van der Waals surface area contributed by atoms with E-state index in [1.807, 2.05) is 6.92 Å². The highest BCUT2D eigenvalue weighted by Crippen LogP contribution is 2.37. The summed E-state index contributed by atoms with van der Waals surface area (Å²) < 4.78 is 53.8. The van der Waals surface area contributed by atoms with Gasteiger partial charge in [-0.2, -0.15) is 13.2 Å². The fraction of sp³-hybridized carbons (Fsp3) is 0.300. The number of rotatable bonds is 6. The van der Waals surface area contributed by atoms with E-state index in [2.05, 4.69) is 15.3 Å². The number of carbonyl (C=O) groups excluding carboxylic acids is 1. The normalized spacial score (nSPS) is 11.8. The van der Waals surface area contributed by atoms with Gasteiger partial charge in [0.05, 0.1) is 11.1 Å². The standard InChI is InChI=1S/C20H19F4N3O/c1-2-3-4-9-25-19(28)18-26-16-11-13(12-5-7-14(21)8-6-12)10-15(17(16)27-18)20(22,23)24/h5-8,10-11H,2-4,9H2,1H3,(H,25,28)(H,26,27). The highest BCUT2D eigenvalue weighted by atomic mass is 19.4. The molecule has 2 N–H and O–H groups in total. The quantitative estimate of drug-likeness (QED) is 0.441. The number of halogens is 4. The number of alkyl halides is 3. The van der Waals surface area contributed by atoms with Crippen molar-refractivity contribution in [3.8, 4) is 11.1 Å². The lowest BCUT2D eigenvalue weighted by Crippen LogP contribution is -2.25. The number of hydrogen-bond donors (Lipinski definition) is 2. The first-order valence-corrected chi connectivity index (χ1v) is 8.94. The minimum Gasteiger partial charge on any atom is -0.349 e. The van der Waals surface area contributed by atoms with Crippen molar-refractivity contribution in [1.29, 1.82) is 0 Å². The van der Waals surface area contributed by atoms with Gasteiger partial charge in [-0.15, -0.1) is 0 Å². The molecular formula is C20H19F4N3O. The summed E-state index contributed by atoms with van der Waals surface area (Å²) >= 11 is 0. The molecule has 0 aliphatic heterocycles. The lowest BCUT2D eigenvalue weighted by molar-refractivity contribution is -0.136. The molecule has 28 heavy (non-hydrogen) atoms. The van der Waals surface area contributed by atoms with Crippen molar-refractivity contribution in [1.82, 2.24) is 15.3 Å². The average Bonchev–Trinajstić information content (AvgIpc) is 3.08. The molecule has 8 heteroatoms.